The largest absolute Gasteiger partial charge is 0.335 e. The van der Waals surface area contributed by atoms with Gasteiger partial charge in [-0.3, -0.25) is 4.79 Å². The highest BCUT2D eigenvalue weighted by Gasteiger charge is 2.57. The van der Waals surface area contributed by atoms with Crippen molar-refractivity contribution in [2.24, 2.45) is 11.8 Å². The highest BCUT2D eigenvalue weighted by Crippen LogP contribution is 2.47. The third kappa shape index (κ3) is 2.96. The van der Waals surface area contributed by atoms with Crippen LogP contribution < -0.4 is 0 Å². The monoisotopic (exact) mass is 257 g/mol. The number of carbonyl (C=O) groups is 1. The summed E-state index contributed by atoms with van der Waals surface area (Å²) in [5, 5.41) is 0. The first kappa shape index (κ1) is 13.2. The van der Waals surface area contributed by atoms with E-state index in [2.05, 4.69) is 11.8 Å². The SMILES string of the molecule is CCCCCCl.O=C1C2CCCCC2C2CN12. The van der Waals surface area contributed by atoms with Crippen LogP contribution in [0.3, 0.4) is 0 Å². The van der Waals surface area contributed by atoms with Gasteiger partial charge in [0.15, 0.2) is 0 Å². The molecule has 98 valence electrons. The number of unbranched alkanes of at least 4 members (excludes halogenated alkanes) is 2. The van der Waals surface area contributed by atoms with Gasteiger partial charge in [-0.25, -0.2) is 0 Å². The number of fused-ring (bicyclic) bond motifs is 3. The average Bonchev–Trinajstić information content (AvgIpc) is 3.12. The minimum Gasteiger partial charge on any atom is -0.335 e. The molecule has 0 aromatic rings. The van der Waals surface area contributed by atoms with Gasteiger partial charge in [0.25, 0.3) is 0 Å². The third-order valence-corrected chi connectivity index (χ3v) is 4.57. The normalized spacial score (nSPS) is 33.6. The van der Waals surface area contributed by atoms with Crippen LogP contribution in [0.2, 0.25) is 0 Å². The smallest absolute Gasteiger partial charge is 0.226 e. The number of amides is 1. The van der Waals surface area contributed by atoms with Crippen LogP contribution in [0, 0.1) is 11.8 Å². The van der Waals surface area contributed by atoms with Crippen LogP contribution in [0.1, 0.15) is 51.9 Å². The molecule has 3 heteroatoms. The van der Waals surface area contributed by atoms with E-state index in [1.807, 2.05) is 0 Å². The number of halogens is 1. The second-order valence-electron chi connectivity index (χ2n) is 5.51. The maximum atomic E-state index is 11.5. The molecule has 0 radical (unpaired) electrons. The summed E-state index contributed by atoms with van der Waals surface area (Å²) >= 11 is 5.38. The minimum absolute atomic E-state index is 0.447. The van der Waals surface area contributed by atoms with Crippen LogP contribution in [0.15, 0.2) is 0 Å². The maximum absolute atomic E-state index is 11.5. The molecule has 3 unspecified atom stereocenters. The van der Waals surface area contributed by atoms with Crippen molar-refractivity contribution < 1.29 is 4.79 Å². The van der Waals surface area contributed by atoms with Crippen molar-refractivity contribution in [2.75, 3.05) is 12.4 Å². The van der Waals surface area contributed by atoms with Gasteiger partial charge in [0.2, 0.25) is 5.91 Å². The van der Waals surface area contributed by atoms with E-state index in [4.69, 9.17) is 11.6 Å². The molecule has 3 aliphatic rings. The van der Waals surface area contributed by atoms with Crippen LogP contribution in [0.25, 0.3) is 0 Å². The summed E-state index contributed by atoms with van der Waals surface area (Å²) in [6, 6.07) is 0.688. The van der Waals surface area contributed by atoms with E-state index in [0.29, 0.717) is 17.9 Å². The molecule has 0 aromatic carbocycles. The Kier molecular flexibility index (Phi) is 4.72. The molecule has 0 aromatic heterocycles. The second-order valence-corrected chi connectivity index (χ2v) is 5.89. The Bertz CT molecular complexity index is 265. The fourth-order valence-electron chi connectivity index (χ4n) is 3.26. The highest BCUT2D eigenvalue weighted by atomic mass is 35.5. The third-order valence-electron chi connectivity index (χ3n) is 4.30. The van der Waals surface area contributed by atoms with Crippen LogP contribution in [-0.4, -0.2) is 29.3 Å². The van der Waals surface area contributed by atoms with Gasteiger partial charge in [-0.2, -0.15) is 0 Å². The van der Waals surface area contributed by atoms with Crippen molar-refractivity contribution in [3.05, 3.63) is 0 Å². The van der Waals surface area contributed by atoms with Crippen LogP contribution in [0.5, 0.6) is 0 Å². The molecule has 2 saturated heterocycles. The zero-order valence-electron chi connectivity index (χ0n) is 10.8. The number of piperidine rings is 1. The Balaban J connectivity index is 0.000000157. The lowest BCUT2D eigenvalue weighted by Gasteiger charge is -2.23. The van der Waals surface area contributed by atoms with Gasteiger partial charge in [-0.1, -0.05) is 32.6 Å². The maximum Gasteiger partial charge on any atom is 0.226 e. The molecule has 0 spiro atoms. The fraction of sp³-hybridized carbons (Fsp3) is 0.929. The fourth-order valence-corrected chi connectivity index (χ4v) is 3.45. The molecule has 1 aliphatic carbocycles. The van der Waals surface area contributed by atoms with Gasteiger partial charge < -0.3 is 4.90 Å². The molecule has 1 amide bonds. The van der Waals surface area contributed by atoms with E-state index in [9.17, 15) is 4.79 Å². The number of alkyl halides is 1. The molecule has 3 atom stereocenters. The van der Waals surface area contributed by atoms with Crippen LogP contribution in [0.4, 0.5) is 0 Å². The van der Waals surface area contributed by atoms with Crippen molar-refractivity contribution in [1.82, 2.24) is 4.90 Å². The van der Waals surface area contributed by atoms with Gasteiger partial charge in [0, 0.05) is 18.3 Å². The van der Waals surface area contributed by atoms with Crippen LogP contribution >= 0.6 is 11.6 Å². The molecule has 3 fully saturated rings. The lowest BCUT2D eigenvalue weighted by molar-refractivity contribution is -0.128. The zero-order valence-corrected chi connectivity index (χ0v) is 11.6. The molecule has 17 heavy (non-hydrogen) atoms. The number of carbonyl (C=O) groups excluding carboxylic acids is 1. The first-order valence-corrected chi connectivity index (χ1v) is 7.69. The molecular weight excluding hydrogens is 234 g/mol. The molecule has 0 N–H and O–H groups in total. The van der Waals surface area contributed by atoms with Gasteiger partial charge in [0.05, 0.1) is 6.04 Å². The Morgan fingerprint density at radius 3 is 2.65 bits per heavy atom. The molecule has 2 nitrogen and oxygen atoms in total. The zero-order chi connectivity index (χ0) is 12.3. The summed E-state index contributed by atoms with van der Waals surface area (Å²) in [6.07, 6.45) is 8.87. The van der Waals surface area contributed by atoms with E-state index in [-0.39, 0.29) is 0 Å². The van der Waals surface area contributed by atoms with E-state index in [0.717, 1.165) is 18.3 Å². The predicted octanol–water partition coefficient (Wildman–Crippen LogP) is 3.43. The number of hydrogen-bond acceptors (Lipinski definition) is 1. The predicted molar refractivity (Wildman–Crippen MR) is 71.2 cm³/mol. The molecule has 1 saturated carbocycles. The molecule has 0 bridgehead atoms. The van der Waals surface area contributed by atoms with Crippen molar-refractivity contribution >= 4 is 17.5 Å². The summed E-state index contributed by atoms with van der Waals surface area (Å²) in [4.78, 5) is 13.6. The van der Waals surface area contributed by atoms with Gasteiger partial charge >= 0.3 is 0 Å². The van der Waals surface area contributed by atoms with Crippen molar-refractivity contribution in [3.8, 4) is 0 Å². The van der Waals surface area contributed by atoms with E-state index >= 15 is 0 Å². The first-order chi connectivity index (χ1) is 8.29. The van der Waals surface area contributed by atoms with Gasteiger partial charge in [0.1, 0.15) is 0 Å². The number of nitrogens with zero attached hydrogens (tertiary/aromatic N) is 1. The molecular formula is C14H24ClNO. The van der Waals surface area contributed by atoms with Crippen molar-refractivity contribution in [1.29, 1.82) is 0 Å². The minimum atomic E-state index is 0.447. The summed E-state index contributed by atoms with van der Waals surface area (Å²) in [6.45, 7) is 3.26. The van der Waals surface area contributed by atoms with Crippen molar-refractivity contribution in [3.63, 3.8) is 0 Å². The molecule has 2 aliphatic heterocycles. The van der Waals surface area contributed by atoms with Crippen LogP contribution in [-0.2, 0) is 4.79 Å². The lowest BCUT2D eigenvalue weighted by atomic mass is 9.79. The summed E-state index contributed by atoms with van der Waals surface area (Å²) in [5.41, 5.74) is 0. The lowest BCUT2D eigenvalue weighted by Crippen LogP contribution is -2.25. The van der Waals surface area contributed by atoms with Crippen molar-refractivity contribution in [2.45, 2.75) is 57.9 Å². The highest BCUT2D eigenvalue weighted by molar-refractivity contribution is 6.17. The summed E-state index contributed by atoms with van der Waals surface area (Å²) < 4.78 is 0. The van der Waals surface area contributed by atoms with Gasteiger partial charge in [-0.05, 0) is 25.2 Å². The Hall–Kier alpha value is -0.240. The Morgan fingerprint density at radius 2 is 2.06 bits per heavy atom. The van der Waals surface area contributed by atoms with E-state index in [1.165, 1.54) is 44.9 Å². The number of rotatable bonds is 3. The van der Waals surface area contributed by atoms with E-state index in [1.54, 1.807) is 0 Å². The Morgan fingerprint density at radius 1 is 1.29 bits per heavy atom. The molecule has 2 heterocycles. The first-order valence-electron chi connectivity index (χ1n) is 7.16. The molecule has 3 rings (SSSR count). The summed E-state index contributed by atoms with van der Waals surface area (Å²) in [5.74, 6) is 2.51. The number of hydrogen-bond donors (Lipinski definition) is 0. The quantitative estimate of drug-likeness (QED) is 0.431. The topological polar surface area (TPSA) is 20.1 Å². The second kappa shape index (κ2) is 6.08. The van der Waals surface area contributed by atoms with E-state index < -0.39 is 0 Å². The average molecular weight is 258 g/mol. The standard InChI is InChI=1S/C9H13NO.C5H11Cl/c11-9-7-4-2-1-3-6(7)8-5-10(8)9;1-2-3-4-5-6/h6-8H,1-5H2;2-5H2,1H3. The summed E-state index contributed by atoms with van der Waals surface area (Å²) in [7, 11) is 0. The van der Waals surface area contributed by atoms with Gasteiger partial charge in [-0.15, -0.1) is 11.6 Å². The Labute approximate surface area is 110 Å².